The minimum atomic E-state index is -0.884. The molecule has 3 N–H and O–H groups in total. The topological polar surface area (TPSA) is 133 Å². The Bertz CT molecular complexity index is 734. The summed E-state index contributed by atoms with van der Waals surface area (Å²) in [5.74, 6) is -1.36. The molecule has 28 heavy (non-hydrogen) atoms. The molecule has 0 spiro atoms. The SMILES string of the molecule is CNC(=O)C(CCC=O)N(C)C(=O)c1cc(NC(=O)CCCO)ccc1C=O. The number of amides is 3. The lowest BCUT2D eigenvalue weighted by Gasteiger charge is -2.27. The van der Waals surface area contributed by atoms with Gasteiger partial charge in [0.2, 0.25) is 11.8 Å². The Kier molecular flexibility index (Phi) is 9.52. The molecule has 0 saturated carbocycles. The summed E-state index contributed by atoms with van der Waals surface area (Å²) in [6.45, 7) is -0.117. The standard InChI is InChI=1S/C19H25N3O6/c1-20-18(27)16(5-3-9-23)22(2)19(28)15-11-14(8-7-13(15)12-25)21-17(26)6-4-10-24/h7-9,11-12,16,24H,3-6,10H2,1-2H3,(H,20,27)(H,21,26). The molecule has 9 nitrogen and oxygen atoms in total. The van der Waals surface area contributed by atoms with Gasteiger partial charge in [-0.15, -0.1) is 0 Å². The predicted molar refractivity (Wildman–Crippen MR) is 102 cm³/mol. The van der Waals surface area contributed by atoms with E-state index in [1.54, 1.807) is 0 Å². The number of nitrogens with one attached hydrogen (secondary N) is 2. The van der Waals surface area contributed by atoms with E-state index in [0.29, 0.717) is 24.7 Å². The zero-order valence-corrected chi connectivity index (χ0v) is 15.9. The van der Waals surface area contributed by atoms with Crippen LogP contribution in [-0.2, 0) is 14.4 Å². The summed E-state index contributed by atoms with van der Waals surface area (Å²) in [5.41, 5.74) is 0.448. The first-order valence-electron chi connectivity index (χ1n) is 8.81. The normalized spacial score (nSPS) is 11.2. The van der Waals surface area contributed by atoms with Gasteiger partial charge in [0.1, 0.15) is 12.3 Å². The summed E-state index contributed by atoms with van der Waals surface area (Å²) in [7, 11) is 2.84. The number of aliphatic hydroxyl groups excluding tert-OH is 1. The van der Waals surface area contributed by atoms with Gasteiger partial charge >= 0.3 is 0 Å². The second kappa shape index (κ2) is 11.6. The fourth-order valence-electron chi connectivity index (χ4n) is 2.61. The summed E-state index contributed by atoms with van der Waals surface area (Å²) in [6.07, 6.45) is 1.82. The van der Waals surface area contributed by atoms with Gasteiger partial charge in [-0.1, -0.05) is 0 Å². The van der Waals surface area contributed by atoms with Gasteiger partial charge in [-0.25, -0.2) is 0 Å². The highest BCUT2D eigenvalue weighted by Crippen LogP contribution is 2.19. The number of carbonyl (C=O) groups excluding carboxylic acids is 5. The van der Waals surface area contributed by atoms with Crippen molar-refractivity contribution in [2.24, 2.45) is 0 Å². The fourth-order valence-corrected chi connectivity index (χ4v) is 2.61. The molecular formula is C19H25N3O6. The van der Waals surface area contributed by atoms with Crippen LogP contribution in [0.15, 0.2) is 18.2 Å². The first-order valence-corrected chi connectivity index (χ1v) is 8.81. The van der Waals surface area contributed by atoms with Crippen molar-refractivity contribution in [3.8, 4) is 0 Å². The van der Waals surface area contributed by atoms with Crippen LogP contribution in [0.1, 0.15) is 46.4 Å². The smallest absolute Gasteiger partial charge is 0.255 e. The minimum Gasteiger partial charge on any atom is -0.396 e. The Labute approximate surface area is 163 Å². The summed E-state index contributed by atoms with van der Waals surface area (Å²) in [5, 5.41) is 13.8. The van der Waals surface area contributed by atoms with Crippen molar-refractivity contribution < 1.29 is 29.1 Å². The molecule has 9 heteroatoms. The molecule has 0 fully saturated rings. The van der Waals surface area contributed by atoms with E-state index in [9.17, 15) is 24.0 Å². The van der Waals surface area contributed by atoms with E-state index < -0.39 is 17.9 Å². The van der Waals surface area contributed by atoms with Crippen LogP contribution < -0.4 is 10.6 Å². The van der Waals surface area contributed by atoms with Crippen LogP contribution in [0.4, 0.5) is 5.69 Å². The number of aliphatic hydroxyl groups is 1. The molecule has 0 heterocycles. The predicted octanol–water partition coefficient (Wildman–Crippen LogP) is 0.376. The van der Waals surface area contributed by atoms with Crippen molar-refractivity contribution in [3.63, 3.8) is 0 Å². The second-order valence-corrected chi connectivity index (χ2v) is 6.09. The Hall–Kier alpha value is -3.07. The van der Waals surface area contributed by atoms with Crippen molar-refractivity contribution in [1.29, 1.82) is 0 Å². The lowest BCUT2D eigenvalue weighted by atomic mass is 10.0. The molecule has 0 aromatic heterocycles. The van der Waals surface area contributed by atoms with Crippen LogP contribution >= 0.6 is 0 Å². The van der Waals surface area contributed by atoms with Gasteiger partial charge in [0.15, 0.2) is 6.29 Å². The Morgan fingerprint density at radius 3 is 2.54 bits per heavy atom. The van der Waals surface area contributed by atoms with E-state index >= 15 is 0 Å². The molecule has 3 amide bonds. The Morgan fingerprint density at radius 1 is 1.25 bits per heavy atom. The van der Waals surface area contributed by atoms with Crippen molar-refractivity contribution in [2.75, 3.05) is 26.0 Å². The van der Waals surface area contributed by atoms with Crippen molar-refractivity contribution in [1.82, 2.24) is 10.2 Å². The van der Waals surface area contributed by atoms with Crippen molar-refractivity contribution in [3.05, 3.63) is 29.3 Å². The number of rotatable bonds is 11. The van der Waals surface area contributed by atoms with Crippen LogP contribution in [0.3, 0.4) is 0 Å². The summed E-state index contributed by atoms with van der Waals surface area (Å²) in [6, 6.07) is 3.36. The molecule has 1 aromatic rings. The molecule has 0 saturated heterocycles. The van der Waals surface area contributed by atoms with Crippen LogP contribution in [0.2, 0.25) is 0 Å². The maximum atomic E-state index is 12.9. The summed E-state index contributed by atoms with van der Waals surface area (Å²) in [4.78, 5) is 60.0. The van der Waals surface area contributed by atoms with Gasteiger partial charge in [-0.2, -0.15) is 0 Å². The maximum absolute atomic E-state index is 12.9. The van der Waals surface area contributed by atoms with Crippen LogP contribution in [0.5, 0.6) is 0 Å². The van der Waals surface area contributed by atoms with Gasteiger partial charge in [0.25, 0.3) is 5.91 Å². The van der Waals surface area contributed by atoms with Gasteiger partial charge in [-0.05, 0) is 31.0 Å². The molecule has 1 atom stereocenters. The van der Waals surface area contributed by atoms with Crippen molar-refractivity contribution >= 4 is 36.0 Å². The number of anilines is 1. The molecule has 0 bridgehead atoms. The highest BCUT2D eigenvalue weighted by Gasteiger charge is 2.28. The average Bonchev–Trinajstić information content (AvgIpc) is 2.71. The lowest BCUT2D eigenvalue weighted by molar-refractivity contribution is -0.125. The third-order valence-electron chi connectivity index (χ3n) is 4.15. The molecule has 0 aliphatic heterocycles. The molecular weight excluding hydrogens is 366 g/mol. The Balaban J connectivity index is 3.13. The lowest BCUT2D eigenvalue weighted by Crippen LogP contribution is -2.47. The largest absolute Gasteiger partial charge is 0.396 e. The average molecular weight is 391 g/mol. The molecule has 1 aromatic carbocycles. The zero-order valence-electron chi connectivity index (χ0n) is 15.9. The van der Waals surface area contributed by atoms with E-state index in [0.717, 1.165) is 0 Å². The van der Waals surface area contributed by atoms with E-state index in [-0.39, 0.29) is 42.9 Å². The molecule has 1 rings (SSSR count). The van der Waals surface area contributed by atoms with Gasteiger partial charge < -0.3 is 25.4 Å². The van der Waals surface area contributed by atoms with Gasteiger partial charge in [-0.3, -0.25) is 19.2 Å². The number of nitrogens with zero attached hydrogens (tertiary/aromatic N) is 1. The number of likely N-dealkylation sites (N-methyl/N-ethyl adjacent to an activating group) is 2. The monoisotopic (exact) mass is 391 g/mol. The highest BCUT2D eigenvalue weighted by molar-refractivity contribution is 6.04. The molecule has 0 aliphatic rings. The van der Waals surface area contributed by atoms with Crippen LogP contribution in [-0.4, -0.2) is 67.0 Å². The quantitative estimate of drug-likeness (QED) is 0.467. The first-order chi connectivity index (χ1) is 13.4. The van der Waals surface area contributed by atoms with Gasteiger partial charge in [0.05, 0.1) is 5.56 Å². The van der Waals surface area contributed by atoms with Crippen LogP contribution in [0, 0.1) is 0 Å². The third-order valence-corrected chi connectivity index (χ3v) is 4.15. The Morgan fingerprint density at radius 2 is 1.96 bits per heavy atom. The van der Waals surface area contributed by atoms with E-state index in [4.69, 9.17) is 5.11 Å². The third kappa shape index (κ3) is 6.27. The molecule has 0 radical (unpaired) electrons. The zero-order chi connectivity index (χ0) is 21.1. The van der Waals surface area contributed by atoms with Crippen molar-refractivity contribution in [2.45, 2.75) is 31.7 Å². The van der Waals surface area contributed by atoms with E-state index in [1.807, 2.05) is 0 Å². The fraction of sp³-hybridized carbons (Fsp3) is 0.421. The summed E-state index contributed by atoms with van der Waals surface area (Å²) >= 11 is 0. The van der Waals surface area contributed by atoms with Gasteiger partial charge in [0, 0.05) is 44.8 Å². The van der Waals surface area contributed by atoms with E-state index in [2.05, 4.69) is 10.6 Å². The van der Waals surface area contributed by atoms with E-state index in [1.165, 1.54) is 37.2 Å². The molecule has 1 unspecified atom stereocenters. The first kappa shape index (κ1) is 23.0. The summed E-state index contributed by atoms with van der Waals surface area (Å²) < 4.78 is 0. The molecule has 152 valence electrons. The minimum absolute atomic E-state index is 0.0254. The number of hydrogen-bond donors (Lipinski definition) is 3. The number of aldehydes is 2. The molecule has 0 aliphatic carbocycles. The van der Waals surface area contributed by atoms with Crippen LogP contribution in [0.25, 0.3) is 0 Å². The number of benzene rings is 1. The number of carbonyl (C=O) groups is 5. The second-order valence-electron chi connectivity index (χ2n) is 6.09. The maximum Gasteiger partial charge on any atom is 0.255 e. The highest BCUT2D eigenvalue weighted by atomic mass is 16.3. The number of hydrogen-bond acceptors (Lipinski definition) is 6.